The highest BCUT2D eigenvalue weighted by Crippen LogP contribution is 2.66. The van der Waals surface area contributed by atoms with Crippen LogP contribution < -0.4 is 10.2 Å². The molecule has 0 saturated heterocycles. The van der Waals surface area contributed by atoms with Crippen LogP contribution in [0.25, 0.3) is 0 Å². The van der Waals surface area contributed by atoms with Crippen molar-refractivity contribution in [2.75, 3.05) is 18.0 Å². The van der Waals surface area contributed by atoms with E-state index in [1.165, 1.54) is 49.8 Å². The Morgan fingerprint density at radius 2 is 1.52 bits per heavy atom. The van der Waals surface area contributed by atoms with Gasteiger partial charge in [0.2, 0.25) is 0 Å². The second-order valence-corrected chi connectivity index (χ2v) is 10.1. The Labute approximate surface area is 154 Å². The van der Waals surface area contributed by atoms with Gasteiger partial charge in [-0.2, -0.15) is 0 Å². The molecule has 0 spiro atoms. The number of anilines is 1. The van der Waals surface area contributed by atoms with E-state index in [4.69, 9.17) is 0 Å². The van der Waals surface area contributed by atoms with Crippen LogP contribution in [0.1, 0.15) is 71.8 Å². The first-order valence-electron chi connectivity index (χ1n) is 10.5. The maximum atomic E-state index is 4.06. The molecule has 138 valence electrons. The van der Waals surface area contributed by atoms with Gasteiger partial charge in [0.25, 0.3) is 0 Å². The Morgan fingerprint density at radius 1 is 0.920 bits per heavy atom. The van der Waals surface area contributed by atoms with Gasteiger partial charge in [-0.05, 0) is 86.8 Å². The van der Waals surface area contributed by atoms with E-state index in [-0.39, 0.29) is 0 Å². The molecule has 4 aliphatic rings. The zero-order valence-corrected chi connectivity index (χ0v) is 16.7. The molecule has 2 atom stereocenters. The standard InChI is InChI=1S/C23H36N2/c1-5-25(6-2)20-9-7-18(8-10-20)14-24-23-13-19-11-21(3,16-23)15-22(4,12-19)17-23/h7-10,19,24H,5-6,11-17H2,1-4H3. The Kier molecular flexibility index (Phi) is 4.18. The maximum absolute atomic E-state index is 4.06. The Balaban J connectivity index is 1.45. The van der Waals surface area contributed by atoms with E-state index in [2.05, 4.69) is 62.2 Å². The first kappa shape index (κ1) is 17.4. The minimum atomic E-state index is 0.403. The third-order valence-electron chi connectivity index (χ3n) is 7.36. The zero-order valence-electron chi connectivity index (χ0n) is 16.7. The van der Waals surface area contributed by atoms with E-state index in [1.807, 2.05) is 0 Å². The number of nitrogens with zero attached hydrogens (tertiary/aromatic N) is 1. The van der Waals surface area contributed by atoms with Gasteiger partial charge in [-0.15, -0.1) is 0 Å². The largest absolute Gasteiger partial charge is 0.372 e. The SMILES string of the molecule is CCN(CC)c1ccc(CNC23CC4CC(C)(CC(C)(C4)C2)C3)cc1. The summed E-state index contributed by atoms with van der Waals surface area (Å²) in [5.41, 5.74) is 4.37. The van der Waals surface area contributed by atoms with Crippen LogP contribution in [0.3, 0.4) is 0 Å². The molecule has 1 aromatic rings. The van der Waals surface area contributed by atoms with Crippen LogP contribution in [0.4, 0.5) is 5.69 Å². The molecule has 0 heterocycles. The van der Waals surface area contributed by atoms with Crippen LogP contribution in [0.5, 0.6) is 0 Å². The molecule has 0 aliphatic heterocycles. The molecule has 0 aromatic heterocycles. The Bertz CT molecular complexity index is 597. The molecule has 25 heavy (non-hydrogen) atoms. The van der Waals surface area contributed by atoms with Crippen LogP contribution in [-0.2, 0) is 6.54 Å². The van der Waals surface area contributed by atoms with Gasteiger partial charge in [-0.25, -0.2) is 0 Å². The highest BCUT2D eigenvalue weighted by molar-refractivity contribution is 5.47. The fourth-order valence-electron chi connectivity index (χ4n) is 7.35. The first-order valence-corrected chi connectivity index (χ1v) is 10.5. The van der Waals surface area contributed by atoms with E-state index < -0.39 is 0 Å². The summed E-state index contributed by atoms with van der Waals surface area (Å²) >= 11 is 0. The Hall–Kier alpha value is -1.02. The third-order valence-corrected chi connectivity index (χ3v) is 7.36. The average Bonchev–Trinajstić information content (AvgIpc) is 2.52. The Morgan fingerprint density at radius 3 is 2.04 bits per heavy atom. The van der Waals surface area contributed by atoms with Crippen LogP contribution in [0, 0.1) is 16.7 Å². The molecule has 4 aliphatic carbocycles. The zero-order chi connectivity index (χ0) is 17.7. The first-order chi connectivity index (χ1) is 11.9. The van der Waals surface area contributed by atoms with E-state index in [0.29, 0.717) is 16.4 Å². The van der Waals surface area contributed by atoms with Crippen LogP contribution in [0.2, 0.25) is 0 Å². The summed E-state index contributed by atoms with van der Waals surface area (Å²) in [5.74, 6) is 0.962. The summed E-state index contributed by atoms with van der Waals surface area (Å²) in [6.45, 7) is 12.8. The van der Waals surface area contributed by atoms with Gasteiger partial charge < -0.3 is 10.2 Å². The minimum absolute atomic E-state index is 0.403. The second-order valence-electron chi connectivity index (χ2n) is 10.1. The van der Waals surface area contributed by atoms with Crippen molar-refractivity contribution in [3.8, 4) is 0 Å². The van der Waals surface area contributed by atoms with E-state index in [9.17, 15) is 0 Å². The smallest absolute Gasteiger partial charge is 0.0366 e. The minimum Gasteiger partial charge on any atom is -0.372 e. The van der Waals surface area contributed by atoms with Gasteiger partial charge >= 0.3 is 0 Å². The van der Waals surface area contributed by atoms with Crippen molar-refractivity contribution in [1.29, 1.82) is 0 Å². The molecule has 0 amide bonds. The predicted octanol–water partition coefficient (Wildman–Crippen LogP) is 5.37. The summed E-state index contributed by atoms with van der Waals surface area (Å²) < 4.78 is 0. The van der Waals surface area contributed by atoms with E-state index >= 15 is 0 Å². The molecule has 1 aromatic carbocycles. The number of rotatable bonds is 6. The highest BCUT2D eigenvalue weighted by Gasteiger charge is 2.59. The molecule has 2 unspecified atom stereocenters. The number of benzene rings is 1. The lowest BCUT2D eigenvalue weighted by Gasteiger charge is -2.65. The molecule has 2 nitrogen and oxygen atoms in total. The molecule has 1 N–H and O–H groups in total. The molecule has 0 radical (unpaired) electrons. The summed E-state index contributed by atoms with van der Waals surface area (Å²) in [6.07, 6.45) is 8.61. The van der Waals surface area contributed by atoms with Gasteiger partial charge in [-0.1, -0.05) is 26.0 Å². The van der Waals surface area contributed by atoms with E-state index in [1.54, 1.807) is 0 Å². The van der Waals surface area contributed by atoms with Crippen molar-refractivity contribution in [2.24, 2.45) is 16.7 Å². The summed E-state index contributed by atoms with van der Waals surface area (Å²) in [7, 11) is 0. The van der Waals surface area contributed by atoms with Crippen molar-refractivity contribution in [1.82, 2.24) is 5.32 Å². The summed E-state index contributed by atoms with van der Waals surface area (Å²) in [5, 5.41) is 4.06. The van der Waals surface area contributed by atoms with Gasteiger partial charge in [0, 0.05) is 30.9 Å². The predicted molar refractivity (Wildman–Crippen MR) is 107 cm³/mol. The normalized spacial score (nSPS) is 39.0. The molecular formula is C23H36N2. The third kappa shape index (κ3) is 3.23. The van der Waals surface area contributed by atoms with Gasteiger partial charge in [0.1, 0.15) is 0 Å². The van der Waals surface area contributed by atoms with E-state index in [0.717, 1.165) is 25.6 Å². The number of hydrogen-bond acceptors (Lipinski definition) is 2. The number of nitrogens with one attached hydrogen (secondary N) is 1. The van der Waals surface area contributed by atoms with Crippen LogP contribution in [-0.4, -0.2) is 18.6 Å². The number of hydrogen-bond donors (Lipinski definition) is 1. The summed E-state index contributed by atoms with van der Waals surface area (Å²) in [4.78, 5) is 2.41. The highest BCUT2D eigenvalue weighted by atomic mass is 15.1. The molecule has 5 rings (SSSR count). The van der Waals surface area contributed by atoms with Gasteiger partial charge in [-0.3, -0.25) is 0 Å². The van der Waals surface area contributed by atoms with Crippen LogP contribution >= 0.6 is 0 Å². The molecule has 4 saturated carbocycles. The molecule has 4 fully saturated rings. The fourth-order valence-corrected chi connectivity index (χ4v) is 7.35. The van der Waals surface area contributed by atoms with Crippen molar-refractivity contribution < 1.29 is 0 Å². The van der Waals surface area contributed by atoms with Gasteiger partial charge in [0.15, 0.2) is 0 Å². The monoisotopic (exact) mass is 340 g/mol. The lowest BCUT2D eigenvalue weighted by molar-refractivity contribution is -0.118. The lowest BCUT2D eigenvalue weighted by Crippen LogP contribution is -2.63. The molecule has 2 heteroatoms. The summed E-state index contributed by atoms with van der Waals surface area (Å²) in [6, 6.07) is 9.24. The quantitative estimate of drug-likeness (QED) is 0.749. The van der Waals surface area contributed by atoms with Gasteiger partial charge in [0.05, 0.1) is 0 Å². The molecule has 4 bridgehead atoms. The lowest BCUT2D eigenvalue weighted by atomic mass is 9.43. The maximum Gasteiger partial charge on any atom is 0.0366 e. The average molecular weight is 341 g/mol. The molecular weight excluding hydrogens is 304 g/mol. The second kappa shape index (κ2) is 6.01. The fraction of sp³-hybridized carbons (Fsp3) is 0.739. The topological polar surface area (TPSA) is 15.3 Å². The van der Waals surface area contributed by atoms with Crippen molar-refractivity contribution in [2.45, 2.75) is 78.3 Å². The van der Waals surface area contributed by atoms with Crippen molar-refractivity contribution in [3.05, 3.63) is 29.8 Å². The van der Waals surface area contributed by atoms with Crippen LogP contribution in [0.15, 0.2) is 24.3 Å². The van der Waals surface area contributed by atoms with Crippen molar-refractivity contribution >= 4 is 5.69 Å². The van der Waals surface area contributed by atoms with Crippen molar-refractivity contribution in [3.63, 3.8) is 0 Å².